The Morgan fingerprint density at radius 2 is 1.74 bits per heavy atom. The number of nitriles is 1. The summed E-state index contributed by atoms with van der Waals surface area (Å²) in [5.74, 6) is 0. The topological polar surface area (TPSA) is 47.3 Å². The molecule has 0 aromatic heterocycles. The standard InChI is InChI=1S/C19H18N2OSe/c20-12-16-11-18(23-17-9-5-2-6-10-17)19(22)21(14-16)13-15-7-3-1-4-8-15/h1-10,14,18-19,22H,11,13H2/t18-,19+/m0/s1. The van der Waals surface area contributed by atoms with Crippen LogP contribution in [0.4, 0.5) is 0 Å². The van der Waals surface area contributed by atoms with Crippen molar-refractivity contribution in [2.24, 2.45) is 0 Å². The monoisotopic (exact) mass is 370 g/mol. The van der Waals surface area contributed by atoms with Crippen LogP contribution in [-0.4, -0.2) is 31.2 Å². The Hall–Kier alpha value is -2.05. The van der Waals surface area contributed by atoms with Gasteiger partial charge in [-0.2, -0.15) is 0 Å². The minimum atomic E-state index is -0.549. The Bertz CT molecular complexity index is 709. The van der Waals surface area contributed by atoms with E-state index in [1.807, 2.05) is 59.6 Å². The van der Waals surface area contributed by atoms with Crippen LogP contribution in [0, 0.1) is 11.3 Å². The summed E-state index contributed by atoms with van der Waals surface area (Å²) in [6.07, 6.45) is 1.92. The molecule has 0 aliphatic carbocycles. The van der Waals surface area contributed by atoms with Gasteiger partial charge in [-0.25, -0.2) is 0 Å². The van der Waals surface area contributed by atoms with Crippen molar-refractivity contribution in [3.63, 3.8) is 0 Å². The van der Waals surface area contributed by atoms with E-state index < -0.39 is 6.23 Å². The first-order chi connectivity index (χ1) is 11.3. The Kier molecular flexibility index (Phi) is 5.15. The summed E-state index contributed by atoms with van der Waals surface area (Å²) in [6.45, 7) is 0.620. The van der Waals surface area contributed by atoms with Crippen LogP contribution in [0.3, 0.4) is 0 Å². The van der Waals surface area contributed by atoms with Crippen LogP contribution in [0.2, 0.25) is 4.82 Å². The first kappa shape index (κ1) is 15.8. The molecule has 116 valence electrons. The van der Waals surface area contributed by atoms with E-state index in [4.69, 9.17) is 0 Å². The average molecular weight is 369 g/mol. The van der Waals surface area contributed by atoms with Crippen molar-refractivity contribution in [2.45, 2.75) is 24.0 Å². The molecule has 4 heteroatoms. The summed E-state index contributed by atoms with van der Waals surface area (Å²) in [4.78, 5) is 1.99. The number of rotatable bonds is 4. The number of nitrogens with zero attached hydrogens (tertiary/aromatic N) is 2. The molecule has 1 heterocycles. The van der Waals surface area contributed by atoms with Crippen LogP contribution >= 0.6 is 0 Å². The molecule has 0 saturated carbocycles. The zero-order chi connectivity index (χ0) is 16.1. The number of aliphatic hydroxyl groups excluding tert-OH is 1. The average Bonchev–Trinajstić information content (AvgIpc) is 2.60. The fraction of sp³-hybridized carbons (Fsp3) is 0.211. The van der Waals surface area contributed by atoms with Gasteiger partial charge in [0.1, 0.15) is 0 Å². The molecule has 0 radical (unpaired) electrons. The van der Waals surface area contributed by atoms with Gasteiger partial charge in [-0.3, -0.25) is 0 Å². The van der Waals surface area contributed by atoms with E-state index in [1.54, 1.807) is 0 Å². The molecular formula is C19H18N2OSe. The van der Waals surface area contributed by atoms with Crippen LogP contribution in [0.15, 0.2) is 72.4 Å². The van der Waals surface area contributed by atoms with E-state index in [1.165, 1.54) is 4.46 Å². The minimum absolute atomic E-state index is 0.0910. The predicted molar refractivity (Wildman–Crippen MR) is 91.9 cm³/mol. The summed E-state index contributed by atoms with van der Waals surface area (Å²) in [5, 5.41) is 20.1. The second kappa shape index (κ2) is 7.48. The van der Waals surface area contributed by atoms with Gasteiger partial charge < -0.3 is 0 Å². The van der Waals surface area contributed by atoms with Crippen LogP contribution in [0.1, 0.15) is 12.0 Å². The molecule has 0 fully saturated rings. The SMILES string of the molecule is N#CC1=CN(Cc2ccccc2)[C@H](O)[C@@H]([Se]c2ccccc2)C1. The Morgan fingerprint density at radius 1 is 1.09 bits per heavy atom. The van der Waals surface area contributed by atoms with Gasteiger partial charge in [0.2, 0.25) is 0 Å². The normalized spacial score (nSPS) is 20.7. The number of allylic oxidation sites excluding steroid dienone is 1. The summed E-state index contributed by atoms with van der Waals surface area (Å²) in [6, 6.07) is 22.6. The van der Waals surface area contributed by atoms with Crippen molar-refractivity contribution in [3.8, 4) is 6.07 Å². The Balaban J connectivity index is 1.78. The third-order valence-electron chi connectivity index (χ3n) is 3.80. The van der Waals surface area contributed by atoms with Crippen LogP contribution in [0.25, 0.3) is 0 Å². The summed E-state index contributed by atoms with van der Waals surface area (Å²) in [7, 11) is 0. The van der Waals surface area contributed by atoms with Gasteiger partial charge in [-0.05, 0) is 0 Å². The fourth-order valence-electron chi connectivity index (χ4n) is 2.65. The number of aliphatic hydroxyl groups is 1. The van der Waals surface area contributed by atoms with Crippen LogP contribution in [0.5, 0.6) is 0 Å². The quantitative estimate of drug-likeness (QED) is 0.843. The van der Waals surface area contributed by atoms with Crippen molar-refractivity contribution in [1.29, 1.82) is 5.26 Å². The van der Waals surface area contributed by atoms with Gasteiger partial charge in [0, 0.05) is 0 Å². The van der Waals surface area contributed by atoms with E-state index in [2.05, 4.69) is 18.2 Å². The van der Waals surface area contributed by atoms with E-state index in [9.17, 15) is 10.4 Å². The third kappa shape index (κ3) is 4.03. The molecule has 23 heavy (non-hydrogen) atoms. The Labute approximate surface area is 143 Å². The molecule has 2 aromatic rings. The molecule has 1 aliphatic heterocycles. The third-order valence-corrected chi connectivity index (χ3v) is 6.43. The van der Waals surface area contributed by atoms with Gasteiger partial charge in [-0.15, -0.1) is 0 Å². The summed E-state index contributed by atoms with van der Waals surface area (Å²) < 4.78 is 1.25. The molecule has 2 aromatic carbocycles. The molecule has 0 unspecified atom stereocenters. The van der Waals surface area contributed by atoms with Crippen LogP contribution < -0.4 is 4.46 Å². The molecule has 0 spiro atoms. The maximum atomic E-state index is 10.8. The number of hydrogen-bond acceptors (Lipinski definition) is 3. The van der Waals surface area contributed by atoms with Crippen molar-refractivity contribution >= 4 is 19.4 Å². The van der Waals surface area contributed by atoms with Crippen molar-refractivity contribution in [3.05, 3.63) is 78.0 Å². The van der Waals surface area contributed by atoms with Gasteiger partial charge in [0.05, 0.1) is 0 Å². The molecule has 2 atom stereocenters. The molecule has 0 bridgehead atoms. The molecule has 1 N–H and O–H groups in total. The van der Waals surface area contributed by atoms with Gasteiger partial charge >= 0.3 is 143 Å². The second-order valence-electron chi connectivity index (χ2n) is 5.51. The molecule has 3 rings (SSSR count). The first-order valence-electron chi connectivity index (χ1n) is 7.56. The van der Waals surface area contributed by atoms with E-state index in [0.29, 0.717) is 13.0 Å². The van der Waals surface area contributed by atoms with E-state index in [-0.39, 0.29) is 19.8 Å². The van der Waals surface area contributed by atoms with Crippen molar-refractivity contribution in [2.75, 3.05) is 0 Å². The molecular weight excluding hydrogens is 351 g/mol. The molecule has 0 amide bonds. The number of hydrogen-bond donors (Lipinski definition) is 1. The zero-order valence-corrected chi connectivity index (χ0v) is 14.4. The molecule has 1 aliphatic rings. The van der Waals surface area contributed by atoms with E-state index in [0.717, 1.165) is 11.1 Å². The fourth-order valence-corrected chi connectivity index (χ4v) is 5.18. The van der Waals surface area contributed by atoms with Gasteiger partial charge in [-0.1, -0.05) is 0 Å². The van der Waals surface area contributed by atoms with Gasteiger partial charge in [0.25, 0.3) is 0 Å². The van der Waals surface area contributed by atoms with Crippen molar-refractivity contribution < 1.29 is 5.11 Å². The molecule has 0 saturated heterocycles. The van der Waals surface area contributed by atoms with Gasteiger partial charge in [0.15, 0.2) is 0 Å². The Morgan fingerprint density at radius 3 is 2.39 bits per heavy atom. The summed E-state index contributed by atoms with van der Waals surface area (Å²) in [5.41, 5.74) is 1.88. The number of benzene rings is 2. The molecule has 3 nitrogen and oxygen atoms in total. The first-order valence-corrected chi connectivity index (χ1v) is 9.41. The van der Waals surface area contributed by atoms with Crippen molar-refractivity contribution in [1.82, 2.24) is 4.90 Å². The summed E-state index contributed by atoms with van der Waals surface area (Å²) >= 11 is 0.131. The second-order valence-corrected chi connectivity index (χ2v) is 8.27. The zero-order valence-electron chi connectivity index (χ0n) is 12.7. The predicted octanol–water partition coefficient (Wildman–Crippen LogP) is 2.44. The maximum absolute atomic E-state index is 10.8. The van der Waals surface area contributed by atoms with E-state index >= 15 is 0 Å². The van der Waals surface area contributed by atoms with Crippen LogP contribution in [-0.2, 0) is 6.54 Å².